The maximum Gasteiger partial charge on any atom is 0.251 e. The third kappa shape index (κ3) is 5.97. The van der Waals surface area contributed by atoms with E-state index in [0.29, 0.717) is 21.8 Å². The van der Waals surface area contributed by atoms with Crippen LogP contribution in [0.15, 0.2) is 42.5 Å². The molecule has 0 saturated carbocycles. The molecule has 0 spiro atoms. The Morgan fingerprint density at radius 2 is 1.70 bits per heavy atom. The standard InChI is InChI=1S/C20H25ClN2O3S/c1-5-27(25,26)23-17-11-8-15(18(21)12-17)13-22-19(24)14-6-9-16(10-7-14)20(2,3)4/h6-12,23H,5,13H2,1-4H3,(H,22,24). The maximum absolute atomic E-state index is 12.3. The molecule has 2 aromatic carbocycles. The second kappa shape index (κ2) is 8.31. The van der Waals surface area contributed by atoms with Gasteiger partial charge in [-0.05, 0) is 47.7 Å². The third-order valence-corrected chi connectivity index (χ3v) is 5.82. The summed E-state index contributed by atoms with van der Waals surface area (Å²) < 4.78 is 25.7. The molecule has 0 aromatic heterocycles. The zero-order valence-electron chi connectivity index (χ0n) is 16.0. The Hall–Kier alpha value is -2.05. The quantitative estimate of drug-likeness (QED) is 0.746. The molecule has 0 heterocycles. The number of carbonyl (C=O) groups excluding carboxylic acids is 1. The summed E-state index contributed by atoms with van der Waals surface area (Å²) in [6.45, 7) is 8.17. The number of hydrogen-bond donors (Lipinski definition) is 2. The van der Waals surface area contributed by atoms with Crippen LogP contribution in [0.3, 0.4) is 0 Å². The number of hydrogen-bond acceptors (Lipinski definition) is 3. The molecule has 7 heteroatoms. The van der Waals surface area contributed by atoms with Gasteiger partial charge in [0.25, 0.3) is 5.91 Å². The first-order chi connectivity index (χ1) is 12.5. The molecule has 27 heavy (non-hydrogen) atoms. The number of benzene rings is 2. The Morgan fingerprint density at radius 1 is 1.07 bits per heavy atom. The van der Waals surface area contributed by atoms with Crippen LogP contribution in [-0.2, 0) is 22.0 Å². The number of sulfonamides is 1. The SMILES string of the molecule is CCS(=O)(=O)Nc1ccc(CNC(=O)c2ccc(C(C)(C)C)cc2)c(Cl)c1. The molecule has 2 N–H and O–H groups in total. The fourth-order valence-corrected chi connectivity index (χ4v) is 3.28. The summed E-state index contributed by atoms with van der Waals surface area (Å²) in [7, 11) is -3.36. The summed E-state index contributed by atoms with van der Waals surface area (Å²) in [6.07, 6.45) is 0. The summed E-state index contributed by atoms with van der Waals surface area (Å²) in [5, 5.41) is 3.22. The largest absolute Gasteiger partial charge is 0.348 e. The first-order valence-electron chi connectivity index (χ1n) is 8.69. The summed E-state index contributed by atoms with van der Waals surface area (Å²) >= 11 is 6.22. The van der Waals surface area contributed by atoms with Gasteiger partial charge in [-0.3, -0.25) is 9.52 Å². The molecule has 0 saturated heterocycles. The van der Waals surface area contributed by atoms with E-state index in [1.165, 1.54) is 6.07 Å². The van der Waals surface area contributed by atoms with Crippen LogP contribution in [0.1, 0.15) is 49.2 Å². The lowest BCUT2D eigenvalue weighted by molar-refractivity contribution is 0.0951. The highest BCUT2D eigenvalue weighted by atomic mass is 35.5. The van der Waals surface area contributed by atoms with Gasteiger partial charge in [-0.1, -0.05) is 50.6 Å². The lowest BCUT2D eigenvalue weighted by Crippen LogP contribution is -2.23. The van der Waals surface area contributed by atoms with E-state index in [-0.39, 0.29) is 23.6 Å². The molecular weight excluding hydrogens is 384 g/mol. The van der Waals surface area contributed by atoms with Crippen LogP contribution in [0, 0.1) is 0 Å². The van der Waals surface area contributed by atoms with Gasteiger partial charge in [0.05, 0.1) is 5.75 Å². The van der Waals surface area contributed by atoms with E-state index in [2.05, 4.69) is 30.8 Å². The van der Waals surface area contributed by atoms with E-state index < -0.39 is 10.0 Å². The van der Waals surface area contributed by atoms with Crippen LogP contribution in [0.2, 0.25) is 5.02 Å². The zero-order valence-corrected chi connectivity index (χ0v) is 17.5. The van der Waals surface area contributed by atoms with E-state index in [9.17, 15) is 13.2 Å². The lowest BCUT2D eigenvalue weighted by atomic mass is 9.87. The van der Waals surface area contributed by atoms with Crippen LogP contribution in [0.25, 0.3) is 0 Å². The second-order valence-corrected chi connectivity index (χ2v) is 9.74. The van der Waals surface area contributed by atoms with Crippen LogP contribution >= 0.6 is 11.6 Å². The van der Waals surface area contributed by atoms with Crippen LogP contribution in [0.4, 0.5) is 5.69 Å². The van der Waals surface area contributed by atoms with E-state index in [4.69, 9.17) is 11.6 Å². The van der Waals surface area contributed by atoms with Crippen molar-refractivity contribution in [3.05, 3.63) is 64.2 Å². The van der Waals surface area contributed by atoms with E-state index in [1.807, 2.05) is 12.1 Å². The highest BCUT2D eigenvalue weighted by Gasteiger charge is 2.14. The van der Waals surface area contributed by atoms with Crippen molar-refractivity contribution in [1.29, 1.82) is 0 Å². The van der Waals surface area contributed by atoms with Crippen molar-refractivity contribution in [1.82, 2.24) is 5.32 Å². The molecule has 2 aromatic rings. The Kier molecular flexibility index (Phi) is 6.54. The molecule has 0 bridgehead atoms. The first-order valence-corrected chi connectivity index (χ1v) is 10.7. The number of carbonyl (C=O) groups is 1. The van der Waals surface area contributed by atoms with E-state index in [1.54, 1.807) is 31.2 Å². The number of anilines is 1. The Morgan fingerprint density at radius 3 is 2.22 bits per heavy atom. The molecule has 0 aliphatic rings. The van der Waals surface area contributed by atoms with Gasteiger partial charge >= 0.3 is 0 Å². The van der Waals surface area contributed by atoms with Crippen molar-refractivity contribution in [3.63, 3.8) is 0 Å². The van der Waals surface area contributed by atoms with Gasteiger partial charge in [0.2, 0.25) is 10.0 Å². The molecule has 0 atom stereocenters. The van der Waals surface area contributed by atoms with Crippen molar-refractivity contribution in [2.45, 2.75) is 39.7 Å². The minimum Gasteiger partial charge on any atom is -0.348 e. The Labute approximate surface area is 166 Å². The smallest absolute Gasteiger partial charge is 0.251 e. The molecule has 0 aliphatic heterocycles. The fourth-order valence-electron chi connectivity index (χ4n) is 2.41. The number of nitrogens with one attached hydrogen (secondary N) is 2. The molecule has 0 unspecified atom stereocenters. The second-order valence-electron chi connectivity index (χ2n) is 7.32. The van der Waals surface area contributed by atoms with Crippen molar-refractivity contribution in [3.8, 4) is 0 Å². The number of halogens is 1. The molecule has 2 rings (SSSR count). The molecule has 0 aliphatic carbocycles. The normalized spacial score (nSPS) is 11.9. The van der Waals surface area contributed by atoms with Crippen LogP contribution < -0.4 is 10.0 Å². The summed E-state index contributed by atoms with van der Waals surface area (Å²) in [6, 6.07) is 12.4. The number of amides is 1. The van der Waals surface area contributed by atoms with Crippen molar-refractivity contribution >= 4 is 33.2 Å². The minimum atomic E-state index is -3.36. The molecule has 0 fully saturated rings. The van der Waals surface area contributed by atoms with Crippen molar-refractivity contribution in [2.75, 3.05) is 10.5 Å². The minimum absolute atomic E-state index is 0.0174. The van der Waals surface area contributed by atoms with Gasteiger partial charge in [-0.15, -0.1) is 0 Å². The summed E-state index contributed by atoms with van der Waals surface area (Å²) in [4.78, 5) is 12.3. The molecule has 0 radical (unpaired) electrons. The predicted molar refractivity (Wildman–Crippen MR) is 111 cm³/mol. The third-order valence-electron chi connectivity index (χ3n) is 4.16. The fraction of sp³-hybridized carbons (Fsp3) is 0.350. The summed E-state index contributed by atoms with van der Waals surface area (Å²) in [5.41, 5.74) is 2.87. The molecule has 5 nitrogen and oxygen atoms in total. The molecule has 1 amide bonds. The van der Waals surface area contributed by atoms with E-state index >= 15 is 0 Å². The highest BCUT2D eigenvalue weighted by molar-refractivity contribution is 7.92. The van der Waals surface area contributed by atoms with Crippen molar-refractivity contribution < 1.29 is 13.2 Å². The van der Waals surface area contributed by atoms with Gasteiger partial charge in [0.1, 0.15) is 0 Å². The lowest BCUT2D eigenvalue weighted by Gasteiger charge is -2.19. The van der Waals surface area contributed by atoms with Crippen LogP contribution in [0.5, 0.6) is 0 Å². The average molecular weight is 409 g/mol. The van der Waals surface area contributed by atoms with E-state index in [0.717, 1.165) is 5.56 Å². The van der Waals surface area contributed by atoms with Gasteiger partial charge in [-0.25, -0.2) is 8.42 Å². The van der Waals surface area contributed by atoms with Crippen molar-refractivity contribution in [2.24, 2.45) is 0 Å². The van der Waals surface area contributed by atoms with Crippen LogP contribution in [-0.4, -0.2) is 20.1 Å². The summed E-state index contributed by atoms with van der Waals surface area (Å²) in [5.74, 6) is -0.210. The number of rotatable bonds is 6. The van der Waals surface area contributed by atoms with Gasteiger partial charge < -0.3 is 5.32 Å². The molecular formula is C20H25ClN2O3S. The first kappa shape index (κ1) is 21.3. The monoisotopic (exact) mass is 408 g/mol. The van der Waals surface area contributed by atoms with Gasteiger partial charge in [0, 0.05) is 22.8 Å². The Bertz CT molecular complexity index is 917. The topological polar surface area (TPSA) is 75.3 Å². The maximum atomic E-state index is 12.3. The molecule has 146 valence electrons. The van der Waals surface area contributed by atoms with Gasteiger partial charge in [-0.2, -0.15) is 0 Å². The van der Waals surface area contributed by atoms with Gasteiger partial charge in [0.15, 0.2) is 0 Å². The Balaban J connectivity index is 2.02. The predicted octanol–water partition coefficient (Wildman–Crippen LogP) is 4.33. The zero-order chi connectivity index (χ0) is 20.2. The highest BCUT2D eigenvalue weighted by Crippen LogP contribution is 2.23. The average Bonchev–Trinajstić information content (AvgIpc) is 2.60.